The Balaban J connectivity index is 2.63. The number of carbonyl (C=O) groups is 2. The predicted octanol–water partition coefficient (Wildman–Crippen LogP) is 2.95. The van der Waals surface area contributed by atoms with Crippen molar-refractivity contribution >= 4 is 29.3 Å². The van der Waals surface area contributed by atoms with Crippen LogP contribution in [0.2, 0.25) is 5.02 Å². The molecule has 0 aromatic heterocycles. The van der Waals surface area contributed by atoms with Crippen LogP contribution >= 0.6 is 11.6 Å². The number of hydrogen-bond donors (Lipinski definition) is 1. The summed E-state index contributed by atoms with van der Waals surface area (Å²) in [6.07, 6.45) is -0.499. The lowest BCUT2D eigenvalue weighted by atomic mass is 10.1. The molecule has 5 nitrogen and oxygen atoms in total. The van der Waals surface area contributed by atoms with E-state index in [4.69, 9.17) is 22.1 Å². The average molecular weight is 297 g/mol. The number of primary amides is 1. The van der Waals surface area contributed by atoms with Gasteiger partial charge in [-0.1, -0.05) is 37.6 Å². The van der Waals surface area contributed by atoms with Crippen LogP contribution in [0.25, 0.3) is 0 Å². The van der Waals surface area contributed by atoms with Crippen LogP contribution in [0.3, 0.4) is 0 Å². The van der Waals surface area contributed by atoms with Crippen molar-refractivity contribution in [2.45, 2.75) is 26.9 Å². The van der Waals surface area contributed by atoms with E-state index in [0.29, 0.717) is 11.4 Å². The van der Waals surface area contributed by atoms with Crippen molar-refractivity contribution in [3.05, 3.63) is 34.9 Å². The molecule has 0 bridgehead atoms. The second-order valence-electron chi connectivity index (χ2n) is 4.71. The highest BCUT2D eigenvalue weighted by atomic mass is 35.5. The van der Waals surface area contributed by atoms with Gasteiger partial charge >= 0.3 is 6.09 Å². The quantitative estimate of drug-likeness (QED) is 0.848. The van der Waals surface area contributed by atoms with Crippen molar-refractivity contribution in [3.8, 4) is 0 Å². The average Bonchev–Trinajstić information content (AvgIpc) is 2.35. The minimum atomic E-state index is -0.834. The molecule has 0 heterocycles. The largest absolute Gasteiger partial charge is 0.443 e. The highest BCUT2D eigenvalue weighted by Crippen LogP contribution is 2.11. The van der Waals surface area contributed by atoms with Crippen LogP contribution in [0.1, 0.15) is 25.8 Å². The van der Waals surface area contributed by atoms with Crippen LogP contribution in [0.4, 0.5) is 4.79 Å². The Morgan fingerprint density at radius 1 is 1.40 bits per heavy atom. The number of nitrogens with zero attached hydrogens (tertiary/aromatic N) is 1. The Morgan fingerprint density at radius 2 is 2.10 bits per heavy atom. The minimum Gasteiger partial charge on any atom is -0.443 e. The van der Waals surface area contributed by atoms with Crippen molar-refractivity contribution in [2.24, 2.45) is 16.6 Å². The number of halogens is 1. The maximum atomic E-state index is 11.5. The van der Waals surface area contributed by atoms with E-state index in [-0.39, 0.29) is 18.2 Å². The van der Waals surface area contributed by atoms with Gasteiger partial charge in [0.15, 0.2) is 0 Å². The van der Waals surface area contributed by atoms with Crippen LogP contribution in [0.15, 0.2) is 29.3 Å². The number of carbonyl (C=O) groups excluding carboxylic acids is 2. The van der Waals surface area contributed by atoms with E-state index in [1.807, 2.05) is 13.8 Å². The van der Waals surface area contributed by atoms with Gasteiger partial charge in [-0.05, 0) is 30.0 Å². The number of rotatable bonds is 5. The summed E-state index contributed by atoms with van der Waals surface area (Å²) >= 11 is 5.81. The van der Waals surface area contributed by atoms with Crippen LogP contribution < -0.4 is 5.73 Å². The Labute approximate surface area is 122 Å². The van der Waals surface area contributed by atoms with E-state index < -0.39 is 12.0 Å². The fraction of sp³-hybridized carbons (Fsp3) is 0.357. The van der Waals surface area contributed by atoms with Crippen molar-refractivity contribution in [3.63, 3.8) is 0 Å². The molecular weight excluding hydrogens is 280 g/mol. The first-order valence-corrected chi connectivity index (χ1v) is 6.55. The molecule has 0 fully saturated rings. The van der Waals surface area contributed by atoms with Gasteiger partial charge in [-0.25, -0.2) is 4.79 Å². The van der Waals surface area contributed by atoms with Gasteiger partial charge < -0.3 is 10.5 Å². The molecule has 0 aliphatic carbocycles. The summed E-state index contributed by atoms with van der Waals surface area (Å²) in [6, 6.07) is 6.93. The van der Waals surface area contributed by atoms with Crippen LogP contribution in [-0.2, 0) is 16.1 Å². The van der Waals surface area contributed by atoms with E-state index in [1.54, 1.807) is 24.3 Å². The third-order valence-electron chi connectivity index (χ3n) is 2.36. The van der Waals surface area contributed by atoms with Crippen molar-refractivity contribution < 1.29 is 14.3 Å². The van der Waals surface area contributed by atoms with Gasteiger partial charge in [-0.15, -0.1) is 0 Å². The van der Waals surface area contributed by atoms with Gasteiger partial charge in [0.05, 0.1) is 0 Å². The molecule has 2 N–H and O–H groups in total. The molecule has 0 saturated heterocycles. The third kappa shape index (κ3) is 5.84. The highest BCUT2D eigenvalue weighted by molar-refractivity contribution is 6.39. The first-order chi connectivity index (χ1) is 9.38. The second-order valence-corrected chi connectivity index (χ2v) is 5.14. The Hall–Kier alpha value is -1.88. The number of ether oxygens (including phenoxy) is 1. The lowest BCUT2D eigenvalue weighted by Crippen LogP contribution is -2.26. The van der Waals surface area contributed by atoms with E-state index in [2.05, 4.69) is 4.99 Å². The monoisotopic (exact) mass is 296 g/mol. The zero-order valence-corrected chi connectivity index (χ0v) is 12.2. The smallest absolute Gasteiger partial charge is 0.434 e. The molecule has 2 amide bonds. The number of hydrogen-bond acceptors (Lipinski definition) is 3. The number of amides is 2. The van der Waals surface area contributed by atoms with E-state index in [9.17, 15) is 9.59 Å². The molecule has 1 rings (SSSR count). The summed E-state index contributed by atoms with van der Waals surface area (Å²) in [5.41, 5.74) is 5.93. The van der Waals surface area contributed by atoms with Crippen LogP contribution in [0, 0.1) is 5.92 Å². The minimum absolute atomic E-state index is 0.0242. The predicted molar refractivity (Wildman–Crippen MR) is 77.7 cm³/mol. The Kier molecular flexibility index (Phi) is 6.18. The van der Waals surface area contributed by atoms with Crippen molar-refractivity contribution in [1.29, 1.82) is 0 Å². The molecule has 1 aromatic carbocycles. The molecule has 6 heteroatoms. The van der Waals surface area contributed by atoms with Gasteiger partial charge in [0.1, 0.15) is 12.3 Å². The zero-order valence-electron chi connectivity index (χ0n) is 11.4. The molecule has 108 valence electrons. The van der Waals surface area contributed by atoms with E-state index >= 15 is 0 Å². The summed E-state index contributed by atoms with van der Waals surface area (Å²) < 4.78 is 4.95. The normalized spacial score (nSPS) is 11.5. The molecule has 0 saturated carbocycles. The number of aliphatic imine (C=N–C) groups is 1. The fourth-order valence-corrected chi connectivity index (χ4v) is 1.72. The lowest BCUT2D eigenvalue weighted by molar-refractivity contribution is -0.112. The summed E-state index contributed by atoms with van der Waals surface area (Å²) in [4.78, 5) is 26.3. The third-order valence-corrected chi connectivity index (χ3v) is 2.60. The maximum Gasteiger partial charge on any atom is 0.434 e. The summed E-state index contributed by atoms with van der Waals surface area (Å²) in [5, 5.41) is 0.555. The zero-order chi connectivity index (χ0) is 15.1. The SMILES string of the molecule is CC(C)C/C(=N\C(=O)OCc1cccc(Cl)c1)C(N)=O. The standard InChI is InChI=1S/C14H17ClN2O3/c1-9(2)6-12(13(16)18)17-14(19)20-8-10-4-3-5-11(15)7-10/h3-5,7,9H,6,8H2,1-2H3,(H2,16,18)/b17-12+. The Morgan fingerprint density at radius 3 is 2.65 bits per heavy atom. The van der Waals surface area contributed by atoms with Gasteiger partial charge in [-0.2, -0.15) is 4.99 Å². The molecule has 0 spiro atoms. The molecule has 20 heavy (non-hydrogen) atoms. The van der Waals surface area contributed by atoms with Gasteiger partial charge in [0, 0.05) is 5.02 Å². The first kappa shape index (κ1) is 16.2. The first-order valence-electron chi connectivity index (χ1n) is 6.17. The summed E-state index contributed by atoms with van der Waals surface area (Å²) in [5.74, 6) is -0.541. The van der Waals surface area contributed by atoms with Gasteiger partial charge in [0.2, 0.25) is 0 Å². The van der Waals surface area contributed by atoms with Crippen LogP contribution in [-0.4, -0.2) is 17.7 Å². The molecule has 0 aliphatic rings. The van der Waals surface area contributed by atoms with Gasteiger partial charge in [0.25, 0.3) is 5.91 Å². The second kappa shape index (κ2) is 7.65. The number of nitrogens with two attached hydrogens (primary N) is 1. The van der Waals surface area contributed by atoms with Crippen LogP contribution in [0.5, 0.6) is 0 Å². The van der Waals surface area contributed by atoms with Crippen molar-refractivity contribution in [2.75, 3.05) is 0 Å². The van der Waals surface area contributed by atoms with E-state index in [0.717, 1.165) is 5.56 Å². The highest BCUT2D eigenvalue weighted by Gasteiger charge is 2.12. The number of benzene rings is 1. The van der Waals surface area contributed by atoms with E-state index in [1.165, 1.54) is 0 Å². The molecule has 0 radical (unpaired) electrons. The lowest BCUT2D eigenvalue weighted by Gasteiger charge is -2.06. The summed E-state index contributed by atoms with van der Waals surface area (Å²) in [7, 11) is 0. The molecule has 0 unspecified atom stereocenters. The maximum absolute atomic E-state index is 11.5. The summed E-state index contributed by atoms with van der Waals surface area (Å²) in [6.45, 7) is 3.84. The molecular formula is C14H17ClN2O3. The Bertz CT molecular complexity index is 527. The fourth-order valence-electron chi connectivity index (χ4n) is 1.50. The molecule has 0 atom stereocenters. The van der Waals surface area contributed by atoms with Crippen molar-refractivity contribution in [1.82, 2.24) is 0 Å². The van der Waals surface area contributed by atoms with Gasteiger partial charge in [-0.3, -0.25) is 4.79 Å². The molecule has 1 aromatic rings. The molecule has 0 aliphatic heterocycles. The topological polar surface area (TPSA) is 81.8 Å².